The molecule has 3 atom stereocenters. The fourth-order valence-electron chi connectivity index (χ4n) is 3.22. The summed E-state index contributed by atoms with van der Waals surface area (Å²) in [4.78, 5) is 1.30. The van der Waals surface area contributed by atoms with Gasteiger partial charge in [0.25, 0.3) is 0 Å². The molecule has 0 bridgehead atoms. The molecule has 0 aromatic carbocycles. The van der Waals surface area contributed by atoms with Gasteiger partial charge in [0.1, 0.15) is 0 Å². The summed E-state index contributed by atoms with van der Waals surface area (Å²) in [6.07, 6.45) is 9.36. The van der Waals surface area contributed by atoms with Crippen LogP contribution < -0.4 is 5.32 Å². The lowest BCUT2D eigenvalue weighted by atomic mass is 9.68. The second-order valence-corrected chi connectivity index (χ2v) is 8.07. The van der Waals surface area contributed by atoms with Gasteiger partial charge < -0.3 is 5.32 Å². The Hall–Kier alpha value is -0.480. The van der Waals surface area contributed by atoms with Crippen molar-refractivity contribution < 1.29 is 0 Å². The topological polar surface area (TPSA) is 29.9 Å². The lowest BCUT2D eigenvalue weighted by Gasteiger charge is -2.42. The smallest absolute Gasteiger partial charge is 0.0625 e. The van der Waals surface area contributed by atoms with Crippen LogP contribution in [-0.4, -0.2) is 28.1 Å². The molecule has 2 rings (SSSR count). The van der Waals surface area contributed by atoms with Crippen LogP contribution in [0.3, 0.4) is 0 Å². The lowest BCUT2D eigenvalue weighted by Crippen LogP contribution is -2.43. The number of rotatable bonds is 5. The van der Waals surface area contributed by atoms with E-state index in [0.717, 1.165) is 5.92 Å². The van der Waals surface area contributed by atoms with Crippen LogP contribution in [-0.2, 0) is 7.05 Å². The van der Waals surface area contributed by atoms with Gasteiger partial charge in [-0.2, -0.15) is 5.10 Å². The van der Waals surface area contributed by atoms with Gasteiger partial charge in [0.05, 0.1) is 6.20 Å². The zero-order valence-corrected chi connectivity index (χ0v) is 14.3. The Morgan fingerprint density at radius 3 is 2.75 bits per heavy atom. The normalized spacial score (nSPS) is 27.8. The number of hydrogen-bond donors (Lipinski definition) is 1. The second-order valence-electron chi connectivity index (χ2n) is 6.75. The van der Waals surface area contributed by atoms with Crippen LogP contribution >= 0.6 is 11.8 Å². The van der Waals surface area contributed by atoms with Crippen molar-refractivity contribution in [3.8, 4) is 0 Å². The van der Waals surface area contributed by atoms with Gasteiger partial charge in [-0.25, -0.2) is 0 Å². The van der Waals surface area contributed by atoms with Crippen LogP contribution in [0.15, 0.2) is 17.3 Å². The Balaban J connectivity index is 2.06. The first-order valence-corrected chi connectivity index (χ1v) is 8.66. The highest BCUT2D eigenvalue weighted by Crippen LogP contribution is 2.44. The molecule has 4 heteroatoms. The van der Waals surface area contributed by atoms with E-state index < -0.39 is 0 Å². The van der Waals surface area contributed by atoms with Gasteiger partial charge >= 0.3 is 0 Å². The quantitative estimate of drug-likeness (QED) is 0.898. The molecule has 114 valence electrons. The van der Waals surface area contributed by atoms with Gasteiger partial charge in [-0.05, 0) is 37.6 Å². The SMILES string of the molecule is CCC(C)(C)C1CCC(NC)C(Sc2cnn(C)c2)C1. The fraction of sp³-hybridized carbons (Fsp3) is 0.812. The number of aromatic nitrogens is 2. The molecule has 0 aliphatic heterocycles. The van der Waals surface area contributed by atoms with Gasteiger partial charge in [-0.15, -0.1) is 11.8 Å². The van der Waals surface area contributed by atoms with Gasteiger partial charge in [0.15, 0.2) is 0 Å². The highest BCUT2D eigenvalue weighted by molar-refractivity contribution is 8.00. The van der Waals surface area contributed by atoms with E-state index in [2.05, 4.69) is 44.4 Å². The lowest BCUT2D eigenvalue weighted by molar-refractivity contribution is 0.142. The second kappa shape index (κ2) is 6.52. The Bertz CT molecular complexity index is 427. The van der Waals surface area contributed by atoms with Crippen molar-refractivity contribution >= 4 is 11.8 Å². The number of thioether (sulfide) groups is 1. The van der Waals surface area contributed by atoms with Gasteiger partial charge in [-0.3, -0.25) is 4.68 Å². The Labute approximate surface area is 127 Å². The maximum Gasteiger partial charge on any atom is 0.0625 e. The van der Waals surface area contributed by atoms with Crippen LogP contribution in [0.4, 0.5) is 0 Å². The maximum absolute atomic E-state index is 4.29. The van der Waals surface area contributed by atoms with E-state index in [0.29, 0.717) is 16.7 Å². The van der Waals surface area contributed by atoms with Gasteiger partial charge in [-0.1, -0.05) is 27.2 Å². The number of nitrogens with zero attached hydrogens (tertiary/aromatic N) is 2. The van der Waals surface area contributed by atoms with Crippen molar-refractivity contribution in [3.63, 3.8) is 0 Å². The van der Waals surface area contributed by atoms with E-state index in [1.54, 1.807) is 0 Å². The van der Waals surface area contributed by atoms with E-state index in [9.17, 15) is 0 Å². The maximum atomic E-state index is 4.29. The molecular formula is C16H29N3S. The van der Waals surface area contributed by atoms with Crippen LogP contribution in [0.5, 0.6) is 0 Å². The predicted molar refractivity (Wildman–Crippen MR) is 87.1 cm³/mol. The third-order valence-corrected chi connectivity index (χ3v) is 6.45. The summed E-state index contributed by atoms with van der Waals surface area (Å²) < 4.78 is 1.90. The summed E-state index contributed by atoms with van der Waals surface area (Å²) in [5.41, 5.74) is 0.465. The minimum Gasteiger partial charge on any atom is -0.316 e. The summed E-state index contributed by atoms with van der Waals surface area (Å²) in [6, 6.07) is 0.629. The number of nitrogens with one attached hydrogen (secondary N) is 1. The fourth-order valence-corrected chi connectivity index (χ4v) is 4.66. The molecule has 1 N–H and O–H groups in total. The van der Waals surface area contributed by atoms with Crippen LogP contribution in [0.2, 0.25) is 0 Å². The third kappa shape index (κ3) is 3.59. The minimum atomic E-state index is 0.465. The third-order valence-electron chi connectivity index (χ3n) is 5.15. The summed E-state index contributed by atoms with van der Waals surface area (Å²) in [7, 11) is 4.09. The molecule has 1 aliphatic rings. The monoisotopic (exact) mass is 295 g/mol. The number of hydrogen-bond acceptors (Lipinski definition) is 3. The average molecular weight is 295 g/mol. The van der Waals surface area contributed by atoms with E-state index >= 15 is 0 Å². The average Bonchev–Trinajstić information content (AvgIpc) is 2.84. The molecule has 0 radical (unpaired) electrons. The van der Waals surface area contributed by atoms with E-state index in [1.165, 1.54) is 30.6 Å². The standard InChI is InChI=1S/C16H29N3S/c1-6-16(2,3)12-7-8-14(17-4)15(9-12)20-13-10-18-19(5)11-13/h10-12,14-15,17H,6-9H2,1-5H3. The highest BCUT2D eigenvalue weighted by atomic mass is 32.2. The molecule has 3 unspecified atom stereocenters. The van der Waals surface area contributed by atoms with Crippen molar-refractivity contribution in [1.82, 2.24) is 15.1 Å². The molecule has 1 saturated carbocycles. The molecule has 3 nitrogen and oxygen atoms in total. The molecule has 1 aliphatic carbocycles. The van der Waals surface area contributed by atoms with E-state index in [1.807, 2.05) is 29.7 Å². The van der Waals surface area contributed by atoms with E-state index in [-0.39, 0.29) is 0 Å². The molecule has 1 aromatic rings. The molecule has 20 heavy (non-hydrogen) atoms. The summed E-state index contributed by atoms with van der Waals surface area (Å²) >= 11 is 2.00. The van der Waals surface area contributed by atoms with Crippen molar-refractivity contribution in [2.24, 2.45) is 18.4 Å². The molecular weight excluding hydrogens is 266 g/mol. The molecule has 1 heterocycles. The van der Waals surface area contributed by atoms with E-state index in [4.69, 9.17) is 0 Å². The van der Waals surface area contributed by atoms with Crippen molar-refractivity contribution in [2.75, 3.05) is 7.05 Å². The summed E-state index contributed by atoms with van der Waals surface area (Å²) in [5.74, 6) is 0.839. The van der Waals surface area contributed by atoms with Crippen LogP contribution in [0, 0.1) is 11.3 Å². The zero-order chi connectivity index (χ0) is 14.8. The molecule has 0 spiro atoms. The molecule has 1 fully saturated rings. The first kappa shape index (κ1) is 15.9. The van der Waals surface area contributed by atoms with Crippen molar-refractivity contribution in [1.29, 1.82) is 0 Å². The molecule has 0 amide bonds. The minimum absolute atomic E-state index is 0.465. The highest BCUT2D eigenvalue weighted by Gasteiger charge is 2.37. The summed E-state index contributed by atoms with van der Waals surface area (Å²) in [5, 5.41) is 8.48. The van der Waals surface area contributed by atoms with Crippen LogP contribution in [0.1, 0.15) is 46.5 Å². The predicted octanol–water partition coefficient (Wildman–Crippen LogP) is 3.71. The van der Waals surface area contributed by atoms with Crippen LogP contribution in [0.25, 0.3) is 0 Å². The zero-order valence-electron chi connectivity index (χ0n) is 13.5. The largest absolute Gasteiger partial charge is 0.316 e. The molecule has 1 aromatic heterocycles. The Kier molecular flexibility index (Phi) is 5.19. The first-order chi connectivity index (χ1) is 9.46. The van der Waals surface area contributed by atoms with Gasteiger partial charge in [0.2, 0.25) is 0 Å². The van der Waals surface area contributed by atoms with Gasteiger partial charge in [0, 0.05) is 29.4 Å². The number of aryl methyl sites for hydroxylation is 1. The summed E-state index contributed by atoms with van der Waals surface area (Å²) in [6.45, 7) is 7.19. The van der Waals surface area contributed by atoms with Crippen molar-refractivity contribution in [2.45, 2.75) is 62.6 Å². The molecule has 0 saturated heterocycles. The van der Waals surface area contributed by atoms with Crippen molar-refractivity contribution in [3.05, 3.63) is 12.4 Å². The first-order valence-electron chi connectivity index (χ1n) is 7.79. The Morgan fingerprint density at radius 2 is 2.20 bits per heavy atom. The Morgan fingerprint density at radius 1 is 1.45 bits per heavy atom.